The summed E-state index contributed by atoms with van der Waals surface area (Å²) in [5, 5.41) is 10.1. The van der Waals surface area contributed by atoms with Gasteiger partial charge in [0.25, 0.3) is 0 Å². The van der Waals surface area contributed by atoms with Crippen molar-refractivity contribution < 1.29 is 9.90 Å². The second-order valence-electron chi connectivity index (χ2n) is 8.46. The molecule has 0 radical (unpaired) electrons. The Morgan fingerprint density at radius 2 is 2.14 bits per heavy atom. The lowest BCUT2D eigenvalue weighted by Gasteiger charge is -2.42. The van der Waals surface area contributed by atoms with E-state index in [1.165, 1.54) is 12.8 Å². The highest BCUT2D eigenvalue weighted by atomic mass is 16.3. The summed E-state index contributed by atoms with van der Waals surface area (Å²) >= 11 is 0. The zero-order valence-corrected chi connectivity index (χ0v) is 13.8. The van der Waals surface area contributed by atoms with E-state index in [-0.39, 0.29) is 5.41 Å². The Hall–Kier alpha value is -0.630. The third-order valence-corrected chi connectivity index (χ3v) is 6.70. The van der Waals surface area contributed by atoms with Crippen LogP contribution < -0.4 is 0 Å². The molecule has 0 saturated heterocycles. The molecular formula is C19H30O2. The molecular weight excluding hydrogens is 260 g/mol. The van der Waals surface area contributed by atoms with Gasteiger partial charge in [-0.1, -0.05) is 26.0 Å². The van der Waals surface area contributed by atoms with Crippen molar-refractivity contribution in [1.29, 1.82) is 0 Å². The molecule has 0 spiro atoms. The van der Waals surface area contributed by atoms with Gasteiger partial charge in [0.2, 0.25) is 0 Å². The summed E-state index contributed by atoms with van der Waals surface area (Å²) in [6.07, 6.45) is 11.7. The van der Waals surface area contributed by atoms with Crippen molar-refractivity contribution in [1.82, 2.24) is 0 Å². The highest BCUT2D eigenvalue weighted by molar-refractivity contribution is 5.83. The van der Waals surface area contributed by atoms with Gasteiger partial charge in [0.1, 0.15) is 5.78 Å². The Morgan fingerprint density at radius 3 is 2.81 bits per heavy atom. The first-order valence-corrected chi connectivity index (χ1v) is 8.76. The van der Waals surface area contributed by atoms with Crippen molar-refractivity contribution in [3.05, 3.63) is 12.2 Å². The van der Waals surface area contributed by atoms with Crippen LogP contribution in [-0.2, 0) is 4.79 Å². The van der Waals surface area contributed by atoms with Crippen LogP contribution in [0.4, 0.5) is 0 Å². The first kappa shape index (κ1) is 15.3. The molecule has 2 saturated carbocycles. The Kier molecular flexibility index (Phi) is 3.80. The molecule has 3 aliphatic rings. The number of fused-ring (bicyclic) bond motifs is 1. The van der Waals surface area contributed by atoms with E-state index in [4.69, 9.17) is 0 Å². The predicted octanol–water partition coefficient (Wildman–Crippen LogP) is 4.13. The fourth-order valence-electron chi connectivity index (χ4n) is 5.72. The first-order chi connectivity index (χ1) is 9.82. The highest BCUT2D eigenvalue weighted by Gasteiger charge is 2.52. The van der Waals surface area contributed by atoms with Gasteiger partial charge < -0.3 is 5.11 Å². The van der Waals surface area contributed by atoms with Crippen molar-refractivity contribution in [2.24, 2.45) is 29.1 Å². The minimum absolute atomic E-state index is 0.250. The van der Waals surface area contributed by atoms with Crippen LogP contribution in [0.1, 0.15) is 65.7 Å². The number of Topliss-reactive ketones (excluding diaryl/α,β-unsaturated/α-hetero) is 1. The summed E-state index contributed by atoms with van der Waals surface area (Å²) in [6.45, 7) is 6.66. The van der Waals surface area contributed by atoms with Gasteiger partial charge in [-0.15, -0.1) is 0 Å². The molecule has 6 atom stereocenters. The number of carbonyl (C=O) groups excluding carboxylic acids is 1. The molecule has 1 N–H and O–H groups in total. The maximum atomic E-state index is 12.2. The van der Waals surface area contributed by atoms with Crippen molar-refractivity contribution in [2.45, 2.75) is 71.3 Å². The molecule has 2 nitrogen and oxygen atoms in total. The molecule has 21 heavy (non-hydrogen) atoms. The quantitative estimate of drug-likeness (QED) is 0.794. The maximum absolute atomic E-state index is 12.2. The van der Waals surface area contributed by atoms with Gasteiger partial charge in [-0.2, -0.15) is 0 Å². The zero-order chi connectivity index (χ0) is 15.3. The second kappa shape index (κ2) is 5.22. The Balaban J connectivity index is 1.67. The highest BCUT2D eigenvalue weighted by Crippen LogP contribution is 2.57. The summed E-state index contributed by atoms with van der Waals surface area (Å²) in [5.41, 5.74) is -0.354. The molecule has 0 aromatic carbocycles. The van der Waals surface area contributed by atoms with E-state index in [1.807, 2.05) is 13.0 Å². The maximum Gasteiger partial charge on any atom is 0.136 e. The minimum atomic E-state index is -0.604. The summed E-state index contributed by atoms with van der Waals surface area (Å²) in [5.74, 6) is 2.71. The lowest BCUT2D eigenvalue weighted by atomic mass is 9.61. The van der Waals surface area contributed by atoms with E-state index in [1.54, 1.807) is 0 Å². The van der Waals surface area contributed by atoms with E-state index in [2.05, 4.69) is 19.9 Å². The van der Waals surface area contributed by atoms with Crippen LogP contribution >= 0.6 is 0 Å². The summed E-state index contributed by atoms with van der Waals surface area (Å²) in [4.78, 5) is 12.2. The van der Waals surface area contributed by atoms with Gasteiger partial charge in [0, 0.05) is 12.3 Å². The molecule has 0 aromatic heterocycles. The number of aliphatic hydroxyl groups is 1. The zero-order valence-electron chi connectivity index (χ0n) is 13.8. The van der Waals surface area contributed by atoms with Gasteiger partial charge in [-0.25, -0.2) is 0 Å². The van der Waals surface area contributed by atoms with Crippen LogP contribution in [-0.4, -0.2) is 16.5 Å². The van der Waals surface area contributed by atoms with Crippen LogP contribution in [0.25, 0.3) is 0 Å². The fraction of sp³-hybridized carbons (Fsp3) is 0.842. The normalized spacial score (nSPS) is 47.6. The van der Waals surface area contributed by atoms with E-state index in [9.17, 15) is 9.90 Å². The Labute approximate surface area is 129 Å². The molecule has 2 heteroatoms. The third kappa shape index (κ3) is 2.72. The number of hydrogen-bond donors (Lipinski definition) is 1. The number of allylic oxidation sites excluding steroid dienone is 1. The number of hydrogen-bond acceptors (Lipinski definition) is 2. The van der Waals surface area contributed by atoms with E-state index in [0.717, 1.165) is 32.1 Å². The van der Waals surface area contributed by atoms with Gasteiger partial charge in [0.05, 0.1) is 5.60 Å². The fourth-order valence-corrected chi connectivity index (χ4v) is 5.72. The topological polar surface area (TPSA) is 37.3 Å². The van der Waals surface area contributed by atoms with Crippen molar-refractivity contribution in [3.63, 3.8) is 0 Å². The summed E-state index contributed by atoms with van der Waals surface area (Å²) in [7, 11) is 0. The predicted molar refractivity (Wildman–Crippen MR) is 84.8 cm³/mol. The second-order valence-corrected chi connectivity index (χ2v) is 8.46. The first-order valence-electron chi connectivity index (χ1n) is 8.76. The lowest BCUT2D eigenvalue weighted by Crippen LogP contribution is -2.39. The molecule has 3 rings (SSSR count). The molecule has 118 valence electrons. The number of carbonyl (C=O) groups is 1. The molecule has 2 fully saturated rings. The molecule has 0 amide bonds. The Bertz CT molecular complexity index is 450. The average Bonchev–Trinajstić information content (AvgIpc) is 2.90. The van der Waals surface area contributed by atoms with E-state index in [0.29, 0.717) is 29.5 Å². The van der Waals surface area contributed by atoms with Gasteiger partial charge >= 0.3 is 0 Å². The van der Waals surface area contributed by atoms with Crippen molar-refractivity contribution >= 4 is 5.78 Å². The molecule has 0 bridgehead atoms. The van der Waals surface area contributed by atoms with Crippen LogP contribution in [0.5, 0.6) is 0 Å². The third-order valence-electron chi connectivity index (χ3n) is 6.70. The lowest BCUT2D eigenvalue weighted by molar-refractivity contribution is -0.130. The van der Waals surface area contributed by atoms with Gasteiger partial charge in [-0.3, -0.25) is 4.79 Å². The van der Waals surface area contributed by atoms with E-state index < -0.39 is 5.60 Å². The van der Waals surface area contributed by atoms with Crippen molar-refractivity contribution in [3.8, 4) is 0 Å². The monoisotopic (exact) mass is 290 g/mol. The summed E-state index contributed by atoms with van der Waals surface area (Å²) < 4.78 is 0. The molecule has 0 aromatic rings. The van der Waals surface area contributed by atoms with Crippen LogP contribution in [0.15, 0.2) is 12.2 Å². The number of ketones is 1. The largest absolute Gasteiger partial charge is 0.386 e. The van der Waals surface area contributed by atoms with Crippen LogP contribution in [0, 0.1) is 29.1 Å². The van der Waals surface area contributed by atoms with Crippen LogP contribution in [0.3, 0.4) is 0 Å². The molecule has 0 aliphatic heterocycles. The molecule has 5 unspecified atom stereocenters. The average molecular weight is 290 g/mol. The minimum Gasteiger partial charge on any atom is -0.386 e. The standard InChI is InChI=1S/C19H30O2/c1-13(11-14-8-10-18(2,21)12-14)15-6-7-16-17(20)5-4-9-19(15,16)3/h8,10,13-16,21H,4-7,9,11-12H2,1-3H3/t13?,14?,15?,16?,18?,19-/m1/s1. The van der Waals surface area contributed by atoms with Crippen molar-refractivity contribution in [2.75, 3.05) is 0 Å². The molecule has 0 heterocycles. The summed E-state index contributed by atoms with van der Waals surface area (Å²) in [6, 6.07) is 0. The Morgan fingerprint density at radius 1 is 1.38 bits per heavy atom. The smallest absolute Gasteiger partial charge is 0.136 e. The van der Waals surface area contributed by atoms with Gasteiger partial charge in [0.15, 0.2) is 0 Å². The van der Waals surface area contributed by atoms with Crippen LogP contribution in [0.2, 0.25) is 0 Å². The van der Waals surface area contributed by atoms with Gasteiger partial charge in [-0.05, 0) is 68.6 Å². The van der Waals surface area contributed by atoms with E-state index >= 15 is 0 Å². The number of rotatable bonds is 3. The molecule has 3 aliphatic carbocycles. The SMILES string of the molecule is CC(CC1C=CC(C)(O)C1)C1CCC2C(=O)CCC[C@@]21C.